The molecule has 0 N–H and O–H groups in total. The number of thiophene rings is 1. The molecule has 3 heterocycles. The van der Waals surface area contributed by atoms with Gasteiger partial charge in [-0.25, -0.2) is 4.79 Å². The van der Waals surface area contributed by atoms with Crippen LogP contribution in [0.1, 0.15) is 13.8 Å². The zero-order chi connectivity index (χ0) is 22.8. The Balaban J connectivity index is 1.50. The molecule has 8 nitrogen and oxygen atoms in total. The number of hydrogen-bond acceptors (Lipinski definition) is 6. The molecule has 4 rings (SSSR count). The van der Waals surface area contributed by atoms with Crippen molar-refractivity contribution >= 4 is 33.1 Å². The average Bonchev–Trinajstić information content (AvgIpc) is 3.29. The Labute approximate surface area is 190 Å². The van der Waals surface area contributed by atoms with Crippen molar-refractivity contribution in [3.05, 3.63) is 56.5 Å². The molecule has 170 valence electrons. The van der Waals surface area contributed by atoms with Gasteiger partial charge in [-0.15, -0.1) is 11.3 Å². The van der Waals surface area contributed by atoms with Gasteiger partial charge in [-0.1, -0.05) is 13.8 Å². The monoisotopic (exact) mass is 456 g/mol. The number of anilines is 1. The first-order chi connectivity index (χ1) is 15.4. The van der Waals surface area contributed by atoms with Crippen LogP contribution in [0.25, 0.3) is 10.2 Å². The molecule has 9 heteroatoms. The lowest BCUT2D eigenvalue weighted by molar-refractivity contribution is -0.132. The number of fused-ring (bicyclic) bond motifs is 1. The van der Waals surface area contributed by atoms with Gasteiger partial charge in [0.2, 0.25) is 5.91 Å². The lowest BCUT2D eigenvalue weighted by Crippen LogP contribution is -2.50. The summed E-state index contributed by atoms with van der Waals surface area (Å²) in [6.45, 7) is 6.79. The number of amides is 1. The molecule has 0 atom stereocenters. The van der Waals surface area contributed by atoms with Crippen molar-refractivity contribution in [2.24, 2.45) is 5.92 Å². The molecule has 1 amide bonds. The number of methoxy groups -OCH3 is 1. The van der Waals surface area contributed by atoms with Crippen LogP contribution in [0.3, 0.4) is 0 Å². The molecule has 0 saturated carbocycles. The first-order valence-corrected chi connectivity index (χ1v) is 11.6. The summed E-state index contributed by atoms with van der Waals surface area (Å²) < 4.78 is 8.44. The number of nitrogens with zero attached hydrogens (tertiary/aromatic N) is 4. The second kappa shape index (κ2) is 9.20. The van der Waals surface area contributed by atoms with Crippen molar-refractivity contribution in [2.75, 3.05) is 38.2 Å². The second-order valence-corrected chi connectivity index (χ2v) is 9.30. The highest BCUT2D eigenvalue weighted by atomic mass is 32.1. The van der Waals surface area contributed by atoms with Gasteiger partial charge in [-0.05, 0) is 41.6 Å². The highest BCUT2D eigenvalue weighted by Gasteiger charge is 2.24. The summed E-state index contributed by atoms with van der Waals surface area (Å²) in [7, 11) is 1.64. The minimum atomic E-state index is -0.417. The molecule has 1 aliphatic heterocycles. The number of piperazine rings is 1. The molecule has 1 aromatic carbocycles. The van der Waals surface area contributed by atoms with Crippen molar-refractivity contribution in [2.45, 2.75) is 26.9 Å². The van der Waals surface area contributed by atoms with Crippen LogP contribution in [-0.4, -0.2) is 53.2 Å². The Morgan fingerprint density at radius 1 is 1.03 bits per heavy atom. The minimum Gasteiger partial charge on any atom is -0.497 e. The summed E-state index contributed by atoms with van der Waals surface area (Å²) in [4.78, 5) is 42.9. The second-order valence-electron chi connectivity index (χ2n) is 8.38. The summed E-state index contributed by atoms with van der Waals surface area (Å²) in [6, 6.07) is 9.63. The van der Waals surface area contributed by atoms with Crippen LogP contribution in [0.15, 0.2) is 45.3 Å². The largest absolute Gasteiger partial charge is 0.497 e. The molecule has 0 radical (unpaired) electrons. The van der Waals surface area contributed by atoms with Crippen molar-refractivity contribution in [1.82, 2.24) is 14.0 Å². The van der Waals surface area contributed by atoms with Crippen LogP contribution in [-0.2, 0) is 17.9 Å². The fraction of sp³-hybridized carbons (Fsp3) is 0.435. The van der Waals surface area contributed by atoms with E-state index in [1.54, 1.807) is 23.5 Å². The summed E-state index contributed by atoms with van der Waals surface area (Å²) >= 11 is 1.31. The zero-order valence-electron chi connectivity index (χ0n) is 18.6. The van der Waals surface area contributed by atoms with Gasteiger partial charge in [0.05, 0.1) is 12.6 Å². The van der Waals surface area contributed by atoms with Gasteiger partial charge in [0.15, 0.2) is 0 Å². The number of hydrogen-bond donors (Lipinski definition) is 0. The van der Waals surface area contributed by atoms with E-state index < -0.39 is 5.69 Å². The maximum absolute atomic E-state index is 13.1. The molecule has 0 unspecified atom stereocenters. The Hall–Kier alpha value is -3.07. The number of carbonyl (C=O) groups excluding carboxylic acids is 1. The first-order valence-electron chi connectivity index (χ1n) is 10.8. The molecular formula is C23H28N4O4S. The predicted octanol–water partition coefficient (Wildman–Crippen LogP) is 2.24. The Kier molecular flexibility index (Phi) is 6.36. The topological polar surface area (TPSA) is 76.8 Å². The standard InChI is InChI=1S/C23H28N4O4S/c1-16(2)14-27-22(29)21-19(8-13-32-21)26(23(27)30)15-20(28)25-11-9-24(10-12-25)17-4-6-18(31-3)7-5-17/h4-8,13,16H,9-12,14-15H2,1-3H3. The van der Waals surface area contributed by atoms with Gasteiger partial charge in [-0.3, -0.25) is 18.7 Å². The van der Waals surface area contributed by atoms with Gasteiger partial charge < -0.3 is 14.5 Å². The highest BCUT2D eigenvalue weighted by Crippen LogP contribution is 2.21. The van der Waals surface area contributed by atoms with E-state index in [1.165, 1.54) is 20.5 Å². The van der Waals surface area contributed by atoms with E-state index in [0.29, 0.717) is 42.9 Å². The smallest absolute Gasteiger partial charge is 0.332 e. The summed E-state index contributed by atoms with van der Waals surface area (Å²) in [5.74, 6) is 0.850. The minimum absolute atomic E-state index is 0.0625. The molecule has 0 aliphatic carbocycles. The maximum atomic E-state index is 13.1. The molecule has 1 aliphatic rings. The van der Waals surface area contributed by atoms with E-state index in [4.69, 9.17) is 4.74 Å². The summed E-state index contributed by atoms with van der Waals surface area (Å²) in [6.07, 6.45) is 0. The molecule has 2 aromatic heterocycles. The molecule has 0 bridgehead atoms. The SMILES string of the molecule is COc1ccc(N2CCN(C(=O)Cn3c(=O)n(CC(C)C)c(=O)c4sccc43)CC2)cc1. The molecule has 1 saturated heterocycles. The Morgan fingerprint density at radius 2 is 1.72 bits per heavy atom. The first kappa shape index (κ1) is 22.1. The number of carbonyl (C=O) groups is 1. The van der Waals surface area contributed by atoms with Crippen molar-refractivity contribution in [1.29, 1.82) is 0 Å². The third-order valence-electron chi connectivity index (χ3n) is 5.75. The quantitative estimate of drug-likeness (QED) is 0.569. The van der Waals surface area contributed by atoms with Gasteiger partial charge in [0.1, 0.15) is 17.0 Å². The molecule has 1 fully saturated rings. The average molecular weight is 457 g/mol. The van der Waals surface area contributed by atoms with Crippen molar-refractivity contribution in [3.63, 3.8) is 0 Å². The van der Waals surface area contributed by atoms with E-state index in [1.807, 2.05) is 38.1 Å². The number of rotatable bonds is 6. The van der Waals surface area contributed by atoms with Crippen LogP contribution in [0.2, 0.25) is 0 Å². The van der Waals surface area contributed by atoms with E-state index in [9.17, 15) is 14.4 Å². The summed E-state index contributed by atoms with van der Waals surface area (Å²) in [5.41, 5.74) is 0.940. The van der Waals surface area contributed by atoms with Crippen LogP contribution < -0.4 is 20.9 Å². The predicted molar refractivity (Wildman–Crippen MR) is 127 cm³/mol. The van der Waals surface area contributed by atoms with Crippen LogP contribution in [0, 0.1) is 5.92 Å². The van der Waals surface area contributed by atoms with Crippen LogP contribution in [0.4, 0.5) is 5.69 Å². The molecule has 3 aromatic rings. The van der Waals surface area contributed by atoms with Crippen LogP contribution in [0.5, 0.6) is 5.75 Å². The third kappa shape index (κ3) is 4.29. The maximum Gasteiger partial charge on any atom is 0.332 e. The van der Waals surface area contributed by atoms with Gasteiger partial charge in [-0.2, -0.15) is 0 Å². The fourth-order valence-corrected chi connectivity index (χ4v) is 4.90. The normalized spacial score (nSPS) is 14.4. The summed E-state index contributed by atoms with van der Waals surface area (Å²) in [5, 5.41) is 1.79. The molecule has 0 spiro atoms. The van der Waals surface area contributed by atoms with Gasteiger partial charge >= 0.3 is 5.69 Å². The van der Waals surface area contributed by atoms with E-state index in [2.05, 4.69) is 4.90 Å². The van der Waals surface area contributed by atoms with Gasteiger partial charge in [0.25, 0.3) is 5.56 Å². The Morgan fingerprint density at radius 3 is 2.34 bits per heavy atom. The third-order valence-corrected chi connectivity index (χ3v) is 6.64. The highest BCUT2D eigenvalue weighted by molar-refractivity contribution is 7.17. The van der Waals surface area contributed by atoms with Crippen molar-refractivity contribution < 1.29 is 9.53 Å². The zero-order valence-corrected chi connectivity index (χ0v) is 19.4. The number of aromatic nitrogens is 2. The Bertz CT molecular complexity index is 1220. The lowest BCUT2D eigenvalue weighted by Gasteiger charge is -2.36. The van der Waals surface area contributed by atoms with Crippen LogP contribution >= 0.6 is 11.3 Å². The van der Waals surface area contributed by atoms with E-state index >= 15 is 0 Å². The number of benzene rings is 1. The molecule has 32 heavy (non-hydrogen) atoms. The number of ether oxygens (including phenoxy) is 1. The lowest BCUT2D eigenvalue weighted by atomic mass is 10.2. The van der Waals surface area contributed by atoms with Gasteiger partial charge in [0, 0.05) is 38.4 Å². The molecular weight excluding hydrogens is 428 g/mol. The van der Waals surface area contributed by atoms with E-state index in [-0.39, 0.29) is 23.9 Å². The van der Waals surface area contributed by atoms with E-state index in [0.717, 1.165) is 11.4 Å². The fourth-order valence-electron chi connectivity index (χ4n) is 4.05. The van der Waals surface area contributed by atoms with Crippen molar-refractivity contribution in [3.8, 4) is 5.75 Å².